The lowest BCUT2D eigenvalue weighted by Crippen LogP contribution is -2.51. The van der Waals surface area contributed by atoms with Crippen LogP contribution in [0, 0.1) is 6.92 Å². The van der Waals surface area contributed by atoms with Crippen LogP contribution in [0.15, 0.2) is 22.6 Å². The monoisotopic (exact) mass is 331 g/mol. The molecule has 8 nitrogen and oxygen atoms in total. The number of rotatable bonds is 4. The van der Waals surface area contributed by atoms with Crippen molar-refractivity contribution in [3.63, 3.8) is 0 Å². The smallest absolute Gasteiger partial charge is 0.298 e. The Morgan fingerprint density at radius 1 is 1.29 bits per heavy atom. The standard InChI is InChI=1S/C16H21N5O3/c1-11-2-3-13-12(8-11)19-16(24-13)21-6-4-20(5-7-21)15(23)10-18-14(22)9-17/h2-3,8H,4-7,9-10,17H2,1H3,(H,18,22). The molecule has 2 heterocycles. The van der Waals surface area contributed by atoms with E-state index in [0.717, 1.165) is 16.7 Å². The summed E-state index contributed by atoms with van der Waals surface area (Å²) in [6, 6.07) is 6.48. The molecule has 3 N–H and O–H groups in total. The molecule has 1 aromatic carbocycles. The molecule has 2 amide bonds. The van der Waals surface area contributed by atoms with Gasteiger partial charge in [-0.2, -0.15) is 4.98 Å². The van der Waals surface area contributed by atoms with E-state index in [4.69, 9.17) is 10.2 Å². The minimum absolute atomic E-state index is 0.0157. The van der Waals surface area contributed by atoms with Gasteiger partial charge in [-0.3, -0.25) is 9.59 Å². The Balaban J connectivity index is 1.57. The average Bonchev–Trinajstić information content (AvgIpc) is 3.02. The van der Waals surface area contributed by atoms with Crippen LogP contribution >= 0.6 is 0 Å². The SMILES string of the molecule is Cc1ccc2oc(N3CCN(C(=O)CNC(=O)CN)CC3)nc2c1. The van der Waals surface area contributed by atoms with Crippen molar-refractivity contribution in [3.05, 3.63) is 23.8 Å². The summed E-state index contributed by atoms with van der Waals surface area (Å²) in [6.45, 7) is 4.30. The molecule has 0 atom stereocenters. The second kappa shape index (κ2) is 6.88. The Hall–Kier alpha value is -2.61. The first-order chi connectivity index (χ1) is 11.6. The van der Waals surface area contributed by atoms with Crippen LogP contribution in [0.1, 0.15) is 5.56 Å². The normalized spacial score (nSPS) is 14.9. The van der Waals surface area contributed by atoms with Crippen molar-refractivity contribution >= 4 is 28.9 Å². The molecule has 0 saturated carbocycles. The molecule has 0 spiro atoms. The summed E-state index contributed by atoms with van der Waals surface area (Å²) in [7, 11) is 0. The van der Waals surface area contributed by atoms with Gasteiger partial charge in [0, 0.05) is 26.2 Å². The quantitative estimate of drug-likeness (QED) is 0.808. The Morgan fingerprint density at radius 2 is 2.04 bits per heavy atom. The second-order valence-corrected chi connectivity index (χ2v) is 5.82. The second-order valence-electron chi connectivity index (χ2n) is 5.82. The summed E-state index contributed by atoms with van der Waals surface area (Å²) in [5.74, 6) is -0.437. The highest BCUT2D eigenvalue weighted by Gasteiger charge is 2.24. The number of aromatic nitrogens is 1. The van der Waals surface area contributed by atoms with Crippen molar-refractivity contribution in [1.29, 1.82) is 0 Å². The van der Waals surface area contributed by atoms with E-state index < -0.39 is 0 Å². The van der Waals surface area contributed by atoms with Crippen LogP contribution in [0.2, 0.25) is 0 Å². The van der Waals surface area contributed by atoms with Crippen LogP contribution in [-0.2, 0) is 9.59 Å². The first-order valence-corrected chi connectivity index (χ1v) is 7.93. The Labute approximate surface area is 139 Å². The maximum Gasteiger partial charge on any atom is 0.298 e. The molecule has 3 rings (SSSR count). The van der Waals surface area contributed by atoms with Crippen LogP contribution in [0.25, 0.3) is 11.1 Å². The summed E-state index contributed by atoms with van der Waals surface area (Å²) in [6.07, 6.45) is 0. The number of hydrogen-bond donors (Lipinski definition) is 2. The number of carbonyl (C=O) groups is 2. The largest absolute Gasteiger partial charge is 0.423 e. The van der Waals surface area contributed by atoms with Crippen molar-refractivity contribution in [2.45, 2.75) is 6.92 Å². The topological polar surface area (TPSA) is 105 Å². The van der Waals surface area contributed by atoms with Crippen molar-refractivity contribution in [3.8, 4) is 0 Å². The minimum Gasteiger partial charge on any atom is -0.423 e. The van der Waals surface area contributed by atoms with Crippen molar-refractivity contribution in [2.75, 3.05) is 44.2 Å². The lowest BCUT2D eigenvalue weighted by atomic mass is 10.2. The zero-order chi connectivity index (χ0) is 17.1. The molecule has 0 aliphatic carbocycles. The number of nitrogens with one attached hydrogen (secondary N) is 1. The number of benzene rings is 1. The highest BCUT2D eigenvalue weighted by atomic mass is 16.4. The van der Waals surface area contributed by atoms with Crippen LogP contribution in [0.5, 0.6) is 0 Å². The molecule has 1 aliphatic heterocycles. The lowest BCUT2D eigenvalue weighted by molar-refractivity contribution is -0.132. The van der Waals surface area contributed by atoms with Crippen molar-refractivity contribution in [2.24, 2.45) is 5.73 Å². The first-order valence-electron chi connectivity index (χ1n) is 7.93. The predicted octanol–water partition coefficient (Wildman–Crippen LogP) is -0.140. The third kappa shape index (κ3) is 3.48. The van der Waals surface area contributed by atoms with E-state index in [9.17, 15) is 9.59 Å². The van der Waals surface area contributed by atoms with E-state index >= 15 is 0 Å². The van der Waals surface area contributed by atoms with Gasteiger partial charge in [-0.1, -0.05) is 6.07 Å². The number of piperazine rings is 1. The van der Waals surface area contributed by atoms with Gasteiger partial charge in [0.05, 0.1) is 13.1 Å². The number of carbonyl (C=O) groups excluding carboxylic acids is 2. The van der Waals surface area contributed by atoms with Gasteiger partial charge in [0.15, 0.2) is 5.58 Å². The molecule has 0 bridgehead atoms. The Morgan fingerprint density at radius 3 is 2.75 bits per heavy atom. The summed E-state index contributed by atoms with van der Waals surface area (Å²) in [5.41, 5.74) is 7.94. The van der Waals surface area contributed by atoms with Gasteiger partial charge in [0.1, 0.15) is 5.52 Å². The molecule has 2 aromatic rings. The highest BCUT2D eigenvalue weighted by Crippen LogP contribution is 2.23. The molecule has 8 heteroatoms. The molecule has 1 aromatic heterocycles. The predicted molar refractivity (Wildman–Crippen MR) is 89.6 cm³/mol. The van der Waals surface area contributed by atoms with E-state index in [1.54, 1.807) is 4.90 Å². The number of nitrogens with zero attached hydrogens (tertiary/aromatic N) is 3. The minimum atomic E-state index is -0.330. The number of hydrogen-bond acceptors (Lipinski definition) is 6. The van der Waals surface area contributed by atoms with Crippen LogP contribution in [-0.4, -0.2) is 61.0 Å². The molecule has 1 aliphatic rings. The number of anilines is 1. The molecular formula is C16H21N5O3. The van der Waals surface area contributed by atoms with E-state index in [0.29, 0.717) is 32.2 Å². The van der Waals surface area contributed by atoms with Gasteiger partial charge in [-0.15, -0.1) is 0 Å². The van der Waals surface area contributed by atoms with Gasteiger partial charge in [0.25, 0.3) is 6.01 Å². The van der Waals surface area contributed by atoms with Gasteiger partial charge in [0.2, 0.25) is 11.8 Å². The van der Waals surface area contributed by atoms with E-state index in [-0.39, 0.29) is 24.9 Å². The molecule has 24 heavy (non-hydrogen) atoms. The molecule has 0 unspecified atom stereocenters. The Kier molecular flexibility index (Phi) is 4.66. The molecule has 128 valence electrons. The van der Waals surface area contributed by atoms with Gasteiger partial charge in [-0.25, -0.2) is 0 Å². The molecule has 0 radical (unpaired) electrons. The molecule has 1 saturated heterocycles. The van der Waals surface area contributed by atoms with Gasteiger partial charge >= 0.3 is 0 Å². The third-order valence-corrected chi connectivity index (χ3v) is 4.06. The van der Waals surface area contributed by atoms with Gasteiger partial charge < -0.3 is 25.3 Å². The number of aryl methyl sites for hydroxylation is 1. The summed E-state index contributed by atoms with van der Waals surface area (Å²) < 4.78 is 5.79. The number of nitrogens with two attached hydrogens (primary N) is 1. The summed E-state index contributed by atoms with van der Waals surface area (Å²) >= 11 is 0. The maximum absolute atomic E-state index is 12.1. The van der Waals surface area contributed by atoms with Crippen molar-refractivity contribution < 1.29 is 14.0 Å². The van der Waals surface area contributed by atoms with Crippen LogP contribution < -0.4 is 16.0 Å². The number of fused-ring (bicyclic) bond motifs is 1. The van der Waals surface area contributed by atoms with Gasteiger partial charge in [-0.05, 0) is 24.6 Å². The third-order valence-electron chi connectivity index (χ3n) is 4.06. The lowest BCUT2D eigenvalue weighted by Gasteiger charge is -2.33. The zero-order valence-electron chi connectivity index (χ0n) is 13.6. The summed E-state index contributed by atoms with van der Waals surface area (Å²) in [5, 5.41) is 2.50. The zero-order valence-corrected chi connectivity index (χ0v) is 13.6. The van der Waals surface area contributed by atoms with E-state index in [2.05, 4.69) is 10.3 Å². The highest BCUT2D eigenvalue weighted by molar-refractivity contribution is 5.85. The first kappa shape index (κ1) is 16.3. The molecular weight excluding hydrogens is 310 g/mol. The fourth-order valence-corrected chi connectivity index (χ4v) is 2.67. The Bertz CT molecular complexity index is 749. The summed E-state index contributed by atoms with van der Waals surface area (Å²) in [4.78, 5) is 31.4. The fraction of sp³-hybridized carbons (Fsp3) is 0.438. The van der Waals surface area contributed by atoms with E-state index in [1.165, 1.54) is 0 Å². The number of oxazole rings is 1. The van der Waals surface area contributed by atoms with E-state index in [1.807, 2.05) is 30.0 Å². The maximum atomic E-state index is 12.1. The number of amides is 2. The average molecular weight is 331 g/mol. The molecule has 1 fully saturated rings. The van der Waals surface area contributed by atoms with Crippen LogP contribution in [0.4, 0.5) is 6.01 Å². The fourth-order valence-electron chi connectivity index (χ4n) is 2.67. The van der Waals surface area contributed by atoms with Crippen LogP contribution in [0.3, 0.4) is 0 Å². The van der Waals surface area contributed by atoms with Crippen molar-refractivity contribution in [1.82, 2.24) is 15.2 Å².